The number of halogens is 2. The van der Waals surface area contributed by atoms with E-state index in [1.165, 1.54) is 34.8 Å². The summed E-state index contributed by atoms with van der Waals surface area (Å²) in [7, 11) is -2.28. The Morgan fingerprint density at radius 3 is 2.60 bits per heavy atom. The molecule has 0 aliphatic carbocycles. The molecule has 1 aromatic carbocycles. The van der Waals surface area contributed by atoms with Crippen LogP contribution in [0.15, 0.2) is 34.5 Å². The summed E-state index contributed by atoms with van der Waals surface area (Å²) in [6, 6.07) is 6.47. The zero-order chi connectivity index (χ0) is 14.9. The minimum atomic E-state index is -3.77. The van der Waals surface area contributed by atoms with Crippen molar-refractivity contribution in [2.75, 3.05) is 12.8 Å². The summed E-state index contributed by atoms with van der Waals surface area (Å²) >= 11 is 13.3. The predicted octanol–water partition coefficient (Wildman–Crippen LogP) is 3.46. The predicted molar refractivity (Wildman–Crippen MR) is 83.8 cm³/mol. The van der Waals surface area contributed by atoms with Gasteiger partial charge in [-0.15, -0.1) is 11.3 Å². The second-order valence-corrected chi connectivity index (χ2v) is 8.00. The number of thiophene rings is 1. The van der Waals surface area contributed by atoms with Gasteiger partial charge in [-0.3, -0.25) is 0 Å². The van der Waals surface area contributed by atoms with E-state index >= 15 is 0 Å². The Labute approximate surface area is 131 Å². The van der Waals surface area contributed by atoms with E-state index in [9.17, 15) is 8.42 Å². The van der Waals surface area contributed by atoms with Crippen LogP contribution in [0.2, 0.25) is 10.0 Å². The van der Waals surface area contributed by atoms with E-state index in [0.29, 0.717) is 5.02 Å². The molecule has 0 radical (unpaired) electrons. The first kappa shape index (κ1) is 15.6. The lowest BCUT2D eigenvalue weighted by Gasteiger charge is -2.18. The molecule has 0 aliphatic heterocycles. The molecule has 2 N–H and O–H groups in total. The van der Waals surface area contributed by atoms with Crippen LogP contribution in [0.3, 0.4) is 0 Å². The summed E-state index contributed by atoms with van der Waals surface area (Å²) < 4.78 is 26.3. The summed E-state index contributed by atoms with van der Waals surface area (Å²) in [4.78, 5) is 0.822. The number of anilines is 1. The number of nitrogens with two attached hydrogens (primary N) is 1. The van der Waals surface area contributed by atoms with Crippen molar-refractivity contribution in [1.29, 1.82) is 0 Å². The Kier molecular flexibility index (Phi) is 4.61. The molecule has 2 aromatic rings. The number of benzene rings is 1. The molecule has 1 aromatic heterocycles. The molecular formula is C12H12Cl2N2O2S2. The third kappa shape index (κ3) is 3.10. The summed E-state index contributed by atoms with van der Waals surface area (Å²) in [5.41, 5.74) is 5.79. The lowest BCUT2D eigenvalue weighted by Crippen LogP contribution is -2.27. The van der Waals surface area contributed by atoms with E-state index in [1.54, 1.807) is 0 Å². The van der Waals surface area contributed by atoms with Crippen LogP contribution in [0, 0.1) is 0 Å². The molecule has 1 heterocycles. The maximum absolute atomic E-state index is 12.5. The van der Waals surface area contributed by atoms with E-state index < -0.39 is 10.0 Å². The second-order valence-electron chi connectivity index (χ2n) is 4.15. The molecule has 0 amide bonds. The van der Waals surface area contributed by atoms with E-state index in [4.69, 9.17) is 28.9 Å². The van der Waals surface area contributed by atoms with E-state index in [1.807, 2.05) is 17.5 Å². The van der Waals surface area contributed by atoms with Gasteiger partial charge in [-0.25, -0.2) is 8.42 Å². The van der Waals surface area contributed by atoms with Gasteiger partial charge in [-0.2, -0.15) is 4.31 Å². The minimum Gasteiger partial charge on any atom is -0.398 e. The average molecular weight is 351 g/mol. The minimum absolute atomic E-state index is 0.0213. The maximum Gasteiger partial charge on any atom is 0.246 e. The number of nitrogen functional groups attached to an aromatic ring is 1. The molecule has 8 heteroatoms. The molecule has 2 rings (SSSR count). The number of nitrogens with zero attached hydrogens (tertiary/aromatic N) is 1. The van der Waals surface area contributed by atoms with Gasteiger partial charge < -0.3 is 5.73 Å². The SMILES string of the molecule is CN(Cc1cccs1)S(=O)(=O)c1c(N)cc(Cl)cc1Cl. The molecule has 4 nitrogen and oxygen atoms in total. The fourth-order valence-electron chi connectivity index (χ4n) is 1.72. The topological polar surface area (TPSA) is 63.4 Å². The van der Waals surface area contributed by atoms with Crippen LogP contribution in [0.25, 0.3) is 0 Å². The van der Waals surface area contributed by atoms with Crippen molar-refractivity contribution in [3.63, 3.8) is 0 Å². The Balaban J connectivity index is 2.40. The van der Waals surface area contributed by atoms with E-state index in [-0.39, 0.29) is 22.2 Å². The van der Waals surface area contributed by atoms with Crippen molar-refractivity contribution in [3.8, 4) is 0 Å². The summed E-state index contributed by atoms with van der Waals surface area (Å²) in [6.45, 7) is 0.262. The van der Waals surface area contributed by atoms with Crippen LogP contribution in [0.4, 0.5) is 5.69 Å². The van der Waals surface area contributed by atoms with Gasteiger partial charge >= 0.3 is 0 Å². The fraction of sp³-hybridized carbons (Fsp3) is 0.167. The van der Waals surface area contributed by atoms with Crippen LogP contribution in [0.1, 0.15) is 4.88 Å². The standard InChI is InChI=1S/C12H12Cl2N2O2S2/c1-16(7-9-3-2-4-19-9)20(17,18)12-10(14)5-8(13)6-11(12)15/h2-6H,7,15H2,1H3. The summed E-state index contributed by atoms with van der Waals surface area (Å²) in [6.07, 6.45) is 0. The lowest BCUT2D eigenvalue weighted by atomic mass is 10.3. The molecule has 20 heavy (non-hydrogen) atoms. The number of sulfonamides is 1. The first-order valence-electron chi connectivity index (χ1n) is 5.55. The fourth-order valence-corrected chi connectivity index (χ4v) is 4.64. The normalized spacial score (nSPS) is 12.0. The van der Waals surface area contributed by atoms with Gasteiger partial charge in [0.25, 0.3) is 0 Å². The Morgan fingerprint density at radius 2 is 2.05 bits per heavy atom. The van der Waals surface area contributed by atoms with Crippen molar-refractivity contribution in [1.82, 2.24) is 4.31 Å². The van der Waals surface area contributed by atoms with Gasteiger partial charge in [0, 0.05) is 23.5 Å². The molecule has 0 aliphatic rings. The molecule has 0 fully saturated rings. The summed E-state index contributed by atoms with van der Waals surface area (Å²) in [5, 5.41) is 2.21. The maximum atomic E-state index is 12.5. The van der Waals surface area contributed by atoms with Gasteiger partial charge in [-0.1, -0.05) is 29.3 Å². The van der Waals surface area contributed by atoms with Crippen molar-refractivity contribution < 1.29 is 8.42 Å². The number of rotatable bonds is 4. The second kappa shape index (κ2) is 5.91. The Morgan fingerprint density at radius 1 is 1.35 bits per heavy atom. The highest BCUT2D eigenvalue weighted by atomic mass is 35.5. The third-order valence-corrected chi connectivity index (χ3v) is 6.07. The van der Waals surface area contributed by atoms with Gasteiger partial charge in [0.05, 0.1) is 10.7 Å². The first-order chi connectivity index (χ1) is 9.32. The van der Waals surface area contributed by atoms with Gasteiger partial charge in [0.2, 0.25) is 10.0 Å². The highest BCUT2D eigenvalue weighted by Crippen LogP contribution is 2.33. The number of hydrogen-bond donors (Lipinski definition) is 1. The quantitative estimate of drug-likeness (QED) is 0.858. The molecule has 0 spiro atoms. The molecule has 108 valence electrons. The van der Waals surface area contributed by atoms with Gasteiger partial charge in [-0.05, 0) is 23.6 Å². The zero-order valence-electron chi connectivity index (χ0n) is 10.5. The monoisotopic (exact) mass is 350 g/mol. The molecule has 0 saturated carbocycles. The van der Waals surface area contributed by atoms with Crippen molar-refractivity contribution in [2.24, 2.45) is 0 Å². The average Bonchev–Trinajstić information content (AvgIpc) is 2.79. The molecule has 0 unspecified atom stereocenters. The number of hydrogen-bond acceptors (Lipinski definition) is 4. The van der Waals surface area contributed by atoms with Crippen molar-refractivity contribution in [3.05, 3.63) is 44.6 Å². The Hall–Kier alpha value is -0.790. The van der Waals surface area contributed by atoms with Crippen LogP contribution in [0.5, 0.6) is 0 Å². The molecular weight excluding hydrogens is 339 g/mol. The largest absolute Gasteiger partial charge is 0.398 e. The van der Waals surface area contributed by atoms with E-state index in [0.717, 1.165) is 4.88 Å². The van der Waals surface area contributed by atoms with Crippen LogP contribution in [-0.4, -0.2) is 19.8 Å². The van der Waals surface area contributed by atoms with Crippen molar-refractivity contribution in [2.45, 2.75) is 11.4 Å². The first-order valence-corrected chi connectivity index (χ1v) is 8.63. The Bertz CT molecular complexity index is 692. The zero-order valence-corrected chi connectivity index (χ0v) is 13.7. The smallest absolute Gasteiger partial charge is 0.246 e. The summed E-state index contributed by atoms with van der Waals surface area (Å²) in [5.74, 6) is 0. The highest BCUT2D eigenvalue weighted by Gasteiger charge is 2.27. The third-order valence-electron chi connectivity index (χ3n) is 2.66. The van der Waals surface area contributed by atoms with Gasteiger partial charge in [0.15, 0.2) is 0 Å². The lowest BCUT2D eigenvalue weighted by molar-refractivity contribution is 0.470. The van der Waals surface area contributed by atoms with Crippen LogP contribution < -0.4 is 5.73 Å². The van der Waals surface area contributed by atoms with E-state index in [2.05, 4.69) is 0 Å². The molecule has 0 saturated heterocycles. The van der Waals surface area contributed by atoms with Crippen LogP contribution in [-0.2, 0) is 16.6 Å². The highest BCUT2D eigenvalue weighted by molar-refractivity contribution is 7.89. The van der Waals surface area contributed by atoms with Gasteiger partial charge in [0.1, 0.15) is 4.90 Å². The van der Waals surface area contributed by atoms with Crippen molar-refractivity contribution >= 4 is 50.2 Å². The molecule has 0 atom stereocenters. The molecule has 0 bridgehead atoms. The van der Waals surface area contributed by atoms with Crippen LogP contribution >= 0.6 is 34.5 Å².